The molecule has 7 nitrogen and oxygen atoms in total. The highest BCUT2D eigenvalue weighted by atomic mass is 16.5. The molecule has 0 unspecified atom stereocenters. The number of ether oxygens (including phenoxy) is 1. The summed E-state index contributed by atoms with van der Waals surface area (Å²) >= 11 is 0. The lowest BCUT2D eigenvalue weighted by atomic mass is 10.0. The van der Waals surface area contributed by atoms with E-state index >= 15 is 0 Å². The van der Waals surface area contributed by atoms with Gasteiger partial charge in [-0.15, -0.1) is 0 Å². The Balaban J connectivity index is 1.78. The molecule has 1 aliphatic heterocycles. The second kappa shape index (κ2) is 10.7. The molecule has 1 N–H and O–H groups in total. The number of nitrogens with zero attached hydrogens (tertiary/aromatic N) is 4. The van der Waals surface area contributed by atoms with Gasteiger partial charge in [-0.05, 0) is 44.3 Å². The van der Waals surface area contributed by atoms with Gasteiger partial charge in [0.15, 0.2) is 0 Å². The summed E-state index contributed by atoms with van der Waals surface area (Å²) in [4.78, 5) is 25.6. The predicted molar refractivity (Wildman–Crippen MR) is 139 cm³/mol. The molecule has 0 atom stereocenters. The van der Waals surface area contributed by atoms with Crippen LogP contribution in [-0.4, -0.2) is 59.8 Å². The van der Waals surface area contributed by atoms with Gasteiger partial charge in [-0.2, -0.15) is 0 Å². The summed E-state index contributed by atoms with van der Waals surface area (Å²) in [6.45, 7) is 10.1. The Morgan fingerprint density at radius 3 is 2.76 bits per heavy atom. The van der Waals surface area contributed by atoms with E-state index in [-0.39, 0.29) is 5.56 Å². The van der Waals surface area contributed by atoms with Crippen molar-refractivity contribution >= 4 is 16.7 Å². The van der Waals surface area contributed by atoms with E-state index in [1.54, 1.807) is 12.1 Å². The van der Waals surface area contributed by atoms with Crippen molar-refractivity contribution in [2.45, 2.75) is 20.0 Å². The van der Waals surface area contributed by atoms with Gasteiger partial charge in [-0.1, -0.05) is 30.9 Å². The molecule has 0 bridgehead atoms. The molecule has 0 saturated carbocycles. The predicted octanol–water partition coefficient (Wildman–Crippen LogP) is 3.98. The quantitative estimate of drug-likeness (QED) is 0.516. The highest BCUT2D eigenvalue weighted by Crippen LogP contribution is 2.31. The van der Waals surface area contributed by atoms with Gasteiger partial charge in [0.05, 0.1) is 31.6 Å². The second-order valence-corrected chi connectivity index (χ2v) is 8.77. The maximum absolute atomic E-state index is 13.4. The van der Waals surface area contributed by atoms with Gasteiger partial charge in [0.1, 0.15) is 5.65 Å². The lowest BCUT2D eigenvalue weighted by Crippen LogP contribution is -2.36. The monoisotopic (exact) mass is 459 g/mol. The number of hydrogen-bond donors (Lipinski definition) is 1. The third-order valence-electron chi connectivity index (χ3n) is 5.95. The van der Waals surface area contributed by atoms with Crippen LogP contribution in [0.1, 0.15) is 12.6 Å². The molecule has 0 aromatic carbocycles. The lowest BCUT2D eigenvalue weighted by molar-refractivity contribution is 0.122. The average molecular weight is 460 g/mol. The first-order valence-electron chi connectivity index (χ1n) is 11.6. The van der Waals surface area contributed by atoms with Gasteiger partial charge in [-0.3, -0.25) is 4.79 Å². The standard InChI is InChI=1S/C27H33N5O2/c1-5-7-20(8-6-2)18-32-23(19-30(3)4)13-21(14-26(32)33)25-17-29-27-24(25)15-22(16-28-27)31-9-11-34-12-10-31/h5-8,13-17H,1,9-12,18-19H2,2-4H3,(H,28,29)/b8-6-,20-7+. The van der Waals surface area contributed by atoms with Gasteiger partial charge >= 0.3 is 0 Å². The van der Waals surface area contributed by atoms with Crippen LogP contribution in [0.25, 0.3) is 22.2 Å². The van der Waals surface area contributed by atoms with Crippen molar-refractivity contribution in [3.63, 3.8) is 0 Å². The zero-order chi connectivity index (χ0) is 24.1. The molecule has 4 heterocycles. The van der Waals surface area contributed by atoms with E-state index in [4.69, 9.17) is 4.74 Å². The Hall–Kier alpha value is -3.42. The van der Waals surface area contributed by atoms with E-state index in [1.807, 2.05) is 56.2 Å². The van der Waals surface area contributed by atoms with Crippen LogP contribution in [0.15, 0.2) is 71.8 Å². The second-order valence-electron chi connectivity index (χ2n) is 8.77. The number of aromatic amines is 1. The summed E-state index contributed by atoms with van der Waals surface area (Å²) in [5, 5.41) is 1.01. The molecule has 0 radical (unpaired) electrons. The minimum absolute atomic E-state index is 0.0274. The van der Waals surface area contributed by atoms with Crippen molar-refractivity contribution in [2.75, 3.05) is 45.3 Å². The molecule has 34 heavy (non-hydrogen) atoms. The molecule has 0 spiro atoms. The molecule has 4 rings (SSSR count). The number of allylic oxidation sites excluding steroid dienone is 5. The number of anilines is 1. The van der Waals surface area contributed by atoms with E-state index in [0.717, 1.165) is 65.4 Å². The first kappa shape index (κ1) is 23.7. The number of pyridine rings is 2. The fourth-order valence-corrected chi connectivity index (χ4v) is 4.38. The Labute approximate surface area is 200 Å². The molecule has 1 fully saturated rings. The van der Waals surface area contributed by atoms with Gasteiger partial charge in [-0.25, -0.2) is 4.98 Å². The van der Waals surface area contributed by atoms with Crippen molar-refractivity contribution in [3.05, 3.63) is 83.1 Å². The molecule has 178 valence electrons. The molecule has 0 amide bonds. The van der Waals surface area contributed by atoms with Crippen LogP contribution in [0, 0.1) is 0 Å². The van der Waals surface area contributed by atoms with E-state index in [9.17, 15) is 4.79 Å². The normalized spacial score (nSPS) is 15.1. The highest BCUT2D eigenvalue weighted by molar-refractivity contribution is 5.95. The number of rotatable bonds is 8. The summed E-state index contributed by atoms with van der Waals surface area (Å²) in [7, 11) is 4.02. The van der Waals surface area contributed by atoms with Crippen LogP contribution in [0.2, 0.25) is 0 Å². The Kier molecular flexibility index (Phi) is 7.45. The molecular weight excluding hydrogens is 426 g/mol. The summed E-state index contributed by atoms with van der Waals surface area (Å²) in [6.07, 6.45) is 11.5. The third-order valence-corrected chi connectivity index (χ3v) is 5.95. The minimum Gasteiger partial charge on any atom is -0.378 e. The maximum Gasteiger partial charge on any atom is 0.251 e. The smallest absolute Gasteiger partial charge is 0.251 e. The van der Waals surface area contributed by atoms with E-state index in [2.05, 4.69) is 38.5 Å². The van der Waals surface area contributed by atoms with Gasteiger partial charge in [0.25, 0.3) is 5.56 Å². The van der Waals surface area contributed by atoms with Crippen LogP contribution >= 0.6 is 0 Å². The number of fused-ring (bicyclic) bond motifs is 1. The third kappa shape index (κ3) is 5.21. The Morgan fingerprint density at radius 1 is 1.26 bits per heavy atom. The molecule has 1 saturated heterocycles. The first-order valence-corrected chi connectivity index (χ1v) is 11.6. The number of aromatic nitrogens is 3. The summed E-state index contributed by atoms with van der Waals surface area (Å²) < 4.78 is 7.33. The van der Waals surface area contributed by atoms with Crippen molar-refractivity contribution in [1.29, 1.82) is 0 Å². The van der Waals surface area contributed by atoms with E-state index < -0.39 is 0 Å². The summed E-state index contributed by atoms with van der Waals surface area (Å²) in [5.74, 6) is 0. The van der Waals surface area contributed by atoms with E-state index in [1.165, 1.54) is 0 Å². The Morgan fingerprint density at radius 2 is 2.06 bits per heavy atom. The molecule has 0 aliphatic carbocycles. The van der Waals surface area contributed by atoms with Crippen LogP contribution in [0.3, 0.4) is 0 Å². The largest absolute Gasteiger partial charge is 0.378 e. The van der Waals surface area contributed by atoms with Gasteiger partial charge < -0.3 is 24.1 Å². The van der Waals surface area contributed by atoms with Crippen molar-refractivity contribution in [1.82, 2.24) is 19.4 Å². The summed E-state index contributed by atoms with van der Waals surface area (Å²) in [5.41, 5.74) is 5.72. The van der Waals surface area contributed by atoms with Crippen molar-refractivity contribution in [2.24, 2.45) is 0 Å². The minimum atomic E-state index is -0.0274. The number of nitrogens with one attached hydrogen (secondary N) is 1. The summed E-state index contributed by atoms with van der Waals surface area (Å²) in [6, 6.07) is 6.00. The number of hydrogen-bond acceptors (Lipinski definition) is 5. The van der Waals surface area contributed by atoms with Crippen LogP contribution in [0.5, 0.6) is 0 Å². The Bertz CT molecular complexity index is 1280. The van der Waals surface area contributed by atoms with Crippen LogP contribution in [0.4, 0.5) is 5.69 Å². The molecular formula is C27H33N5O2. The zero-order valence-electron chi connectivity index (χ0n) is 20.3. The van der Waals surface area contributed by atoms with Crippen LogP contribution in [-0.2, 0) is 17.8 Å². The highest BCUT2D eigenvalue weighted by Gasteiger charge is 2.16. The van der Waals surface area contributed by atoms with Gasteiger partial charge in [0, 0.05) is 48.5 Å². The fourth-order valence-electron chi connectivity index (χ4n) is 4.38. The SMILES string of the molecule is C=C/C=C(\C=C/C)Cn1c(CN(C)C)cc(-c2c[nH]c3ncc(N4CCOCC4)cc23)cc1=O. The topological polar surface area (TPSA) is 66.4 Å². The molecule has 1 aliphatic rings. The number of H-pyrrole nitrogens is 1. The molecule has 3 aromatic rings. The van der Waals surface area contributed by atoms with E-state index in [0.29, 0.717) is 13.1 Å². The van der Waals surface area contributed by atoms with Crippen LogP contribution < -0.4 is 10.5 Å². The lowest BCUT2D eigenvalue weighted by Gasteiger charge is -2.28. The van der Waals surface area contributed by atoms with Crippen molar-refractivity contribution < 1.29 is 4.74 Å². The first-order chi connectivity index (χ1) is 16.5. The maximum atomic E-state index is 13.4. The fraction of sp³-hybridized carbons (Fsp3) is 0.333. The molecule has 3 aromatic heterocycles. The zero-order valence-corrected chi connectivity index (χ0v) is 20.3. The van der Waals surface area contributed by atoms with Crippen molar-refractivity contribution in [3.8, 4) is 11.1 Å². The average Bonchev–Trinajstić information content (AvgIpc) is 3.25. The van der Waals surface area contributed by atoms with Gasteiger partial charge in [0.2, 0.25) is 0 Å². The molecule has 7 heteroatoms. The number of morpholine rings is 1.